The molecule has 4 heteroatoms. The summed E-state index contributed by atoms with van der Waals surface area (Å²) < 4.78 is 39.5. The molecule has 0 aliphatic carbocycles. The van der Waals surface area contributed by atoms with Crippen LogP contribution in [0.5, 0.6) is 5.75 Å². The second kappa shape index (κ2) is 4.82. The average Bonchev–Trinajstić information content (AvgIpc) is 2.13. The van der Waals surface area contributed by atoms with Gasteiger partial charge in [0.25, 0.3) is 0 Å². The van der Waals surface area contributed by atoms with Gasteiger partial charge in [-0.2, -0.15) is 0 Å². The molecule has 1 aromatic rings. The number of benzene rings is 1. The summed E-state index contributed by atoms with van der Waals surface area (Å²) in [4.78, 5) is 0. The van der Waals surface area contributed by atoms with E-state index in [9.17, 15) is 13.2 Å². The van der Waals surface area contributed by atoms with Crippen LogP contribution in [-0.2, 0) is 0 Å². The lowest BCUT2D eigenvalue weighted by Gasteiger charge is -2.11. The van der Waals surface area contributed by atoms with Crippen LogP contribution in [0, 0.1) is 5.41 Å². The molecular formula is C13H15F3O. The van der Waals surface area contributed by atoms with Crippen molar-refractivity contribution in [2.75, 3.05) is 0 Å². The SMILES string of the molecule is CC(C)(C)/C=C/c1ccc(OC(F)(F)F)cc1. The van der Waals surface area contributed by atoms with Crippen molar-refractivity contribution in [3.8, 4) is 5.75 Å². The molecule has 17 heavy (non-hydrogen) atoms. The number of allylic oxidation sites excluding steroid dienone is 1. The van der Waals surface area contributed by atoms with Gasteiger partial charge in [-0.1, -0.05) is 45.1 Å². The summed E-state index contributed by atoms with van der Waals surface area (Å²) in [6.45, 7) is 6.14. The fourth-order valence-electron chi connectivity index (χ4n) is 1.13. The highest BCUT2D eigenvalue weighted by molar-refractivity contribution is 5.51. The lowest BCUT2D eigenvalue weighted by atomic mass is 9.95. The number of rotatable bonds is 2. The van der Waals surface area contributed by atoms with Crippen molar-refractivity contribution in [1.29, 1.82) is 0 Å². The number of hydrogen-bond donors (Lipinski definition) is 0. The minimum atomic E-state index is -4.64. The molecule has 0 radical (unpaired) electrons. The van der Waals surface area contributed by atoms with E-state index >= 15 is 0 Å². The van der Waals surface area contributed by atoms with Crippen LogP contribution in [0.3, 0.4) is 0 Å². The molecule has 0 unspecified atom stereocenters. The molecule has 0 heterocycles. The molecule has 0 saturated carbocycles. The Morgan fingerprint density at radius 3 is 1.94 bits per heavy atom. The maximum absolute atomic E-state index is 11.9. The third kappa shape index (κ3) is 6.00. The monoisotopic (exact) mass is 244 g/mol. The van der Waals surface area contributed by atoms with Gasteiger partial charge in [0, 0.05) is 0 Å². The second-order valence-corrected chi connectivity index (χ2v) is 4.82. The first kappa shape index (κ1) is 13.6. The molecule has 1 aromatic carbocycles. The molecule has 0 fully saturated rings. The van der Waals surface area contributed by atoms with Gasteiger partial charge in [-0.15, -0.1) is 13.2 Å². The van der Waals surface area contributed by atoms with Crippen molar-refractivity contribution < 1.29 is 17.9 Å². The fourth-order valence-corrected chi connectivity index (χ4v) is 1.13. The normalized spacial score (nSPS) is 13.1. The van der Waals surface area contributed by atoms with Crippen LogP contribution < -0.4 is 4.74 Å². The van der Waals surface area contributed by atoms with Gasteiger partial charge in [0.1, 0.15) is 5.75 Å². The number of hydrogen-bond acceptors (Lipinski definition) is 1. The Hall–Kier alpha value is -1.45. The first-order valence-corrected chi connectivity index (χ1v) is 5.21. The van der Waals surface area contributed by atoms with Gasteiger partial charge < -0.3 is 4.74 Å². The molecule has 94 valence electrons. The van der Waals surface area contributed by atoms with Crippen LogP contribution in [0.25, 0.3) is 6.08 Å². The summed E-state index contributed by atoms with van der Waals surface area (Å²) in [5.41, 5.74) is 0.885. The first-order valence-electron chi connectivity index (χ1n) is 5.21. The first-order chi connectivity index (χ1) is 7.66. The largest absolute Gasteiger partial charge is 0.573 e. The third-order valence-corrected chi connectivity index (χ3v) is 1.89. The quantitative estimate of drug-likeness (QED) is 0.736. The molecule has 0 N–H and O–H groups in total. The second-order valence-electron chi connectivity index (χ2n) is 4.82. The zero-order chi connectivity index (χ0) is 13.1. The molecule has 0 amide bonds. The third-order valence-electron chi connectivity index (χ3n) is 1.89. The van der Waals surface area contributed by atoms with E-state index in [1.165, 1.54) is 12.1 Å². The minimum absolute atomic E-state index is 0.0428. The maximum Gasteiger partial charge on any atom is 0.573 e. The van der Waals surface area contributed by atoms with E-state index in [1.807, 2.05) is 32.9 Å². The molecule has 0 spiro atoms. The predicted octanol–water partition coefficient (Wildman–Crippen LogP) is 4.64. The maximum atomic E-state index is 11.9. The highest BCUT2D eigenvalue weighted by atomic mass is 19.4. The van der Waals surface area contributed by atoms with Crippen molar-refractivity contribution in [3.63, 3.8) is 0 Å². The summed E-state index contributed by atoms with van der Waals surface area (Å²) in [5.74, 6) is -0.203. The van der Waals surface area contributed by atoms with Gasteiger partial charge in [-0.3, -0.25) is 0 Å². The van der Waals surface area contributed by atoms with Gasteiger partial charge in [0.15, 0.2) is 0 Å². The Morgan fingerprint density at radius 2 is 1.53 bits per heavy atom. The Labute approximate surface area is 98.9 Å². The van der Waals surface area contributed by atoms with E-state index < -0.39 is 6.36 Å². The van der Waals surface area contributed by atoms with E-state index in [1.54, 1.807) is 12.1 Å². The summed E-state index contributed by atoms with van der Waals surface area (Å²) in [6, 6.07) is 5.78. The highest BCUT2D eigenvalue weighted by Crippen LogP contribution is 2.23. The van der Waals surface area contributed by atoms with E-state index in [-0.39, 0.29) is 11.2 Å². The Balaban J connectivity index is 2.72. The van der Waals surface area contributed by atoms with Crippen molar-refractivity contribution in [3.05, 3.63) is 35.9 Å². The smallest absolute Gasteiger partial charge is 0.406 e. The average molecular weight is 244 g/mol. The van der Waals surface area contributed by atoms with Crippen molar-refractivity contribution in [2.24, 2.45) is 5.41 Å². The number of halogens is 3. The molecule has 0 atom stereocenters. The van der Waals surface area contributed by atoms with Crippen molar-refractivity contribution in [2.45, 2.75) is 27.1 Å². The van der Waals surface area contributed by atoms with Crippen LogP contribution in [0.2, 0.25) is 0 Å². The molecule has 0 bridgehead atoms. The molecule has 0 aliphatic rings. The van der Waals surface area contributed by atoms with Gasteiger partial charge in [-0.05, 0) is 23.1 Å². The van der Waals surface area contributed by atoms with Crippen molar-refractivity contribution in [1.82, 2.24) is 0 Å². The molecule has 1 nitrogen and oxygen atoms in total. The van der Waals surface area contributed by atoms with E-state index in [2.05, 4.69) is 4.74 Å². The van der Waals surface area contributed by atoms with Gasteiger partial charge >= 0.3 is 6.36 Å². The Morgan fingerprint density at radius 1 is 1.00 bits per heavy atom. The number of ether oxygens (including phenoxy) is 1. The van der Waals surface area contributed by atoms with Crippen LogP contribution in [0.15, 0.2) is 30.3 Å². The van der Waals surface area contributed by atoms with Gasteiger partial charge in [0.2, 0.25) is 0 Å². The molecule has 0 aliphatic heterocycles. The topological polar surface area (TPSA) is 9.23 Å². The molecular weight excluding hydrogens is 229 g/mol. The van der Waals surface area contributed by atoms with Crippen LogP contribution in [0.1, 0.15) is 26.3 Å². The zero-order valence-electron chi connectivity index (χ0n) is 10.0. The summed E-state index contributed by atoms with van der Waals surface area (Å²) in [5, 5.41) is 0. The van der Waals surface area contributed by atoms with E-state index in [0.29, 0.717) is 0 Å². The van der Waals surface area contributed by atoms with Crippen molar-refractivity contribution >= 4 is 6.08 Å². The summed E-state index contributed by atoms with van der Waals surface area (Å²) in [7, 11) is 0. The number of alkyl halides is 3. The van der Waals surface area contributed by atoms with Gasteiger partial charge in [-0.25, -0.2) is 0 Å². The van der Waals surface area contributed by atoms with Gasteiger partial charge in [0.05, 0.1) is 0 Å². The Kier molecular flexibility index (Phi) is 3.86. The molecule has 0 aromatic heterocycles. The van der Waals surface area contributed by atoms with Crippen LogP contribution in [-0.4, -0.2) is 6.36 Å². The molecule has 0 saturated heterocycles. The fraction of sp³-hybridized carbons (Fsp3) is 0.385. The van der Waals surface area contributed by atoms with Crippen LogP contribution >= 0.6 is 0 Å². The minimum Gasteiger partial charge on any atom is -0.406 e. The highest BCUT2D eigenvalue weighted by Gasteiger charge is 2.30. The van der Waals surface area contributed by atoms with E-state index in [0.717, 1.165) is 5.56 Å². The van der Waals surface area contributed by atoms with Crippen LogP contribution in [0.4, 0.5) is 13.2 Å². The predicted molar refractivity (Wildman–Crippen MR) is 61.6 cm³/mol. The summed E-state index contributed by atoms with van der Waals surface area (Å²) in [6.07, 6.45) is -0.771. The lowest BCUT2D eigenvalue weighted by Crippen LogP contribution is -2.16. The summed E-state index contributed by atoms with van der Waals surface area (Å²) >= 11 is 0. The Bertz CT molecular complexity index is 383. The lowest BCUT2D eigenvalue weighted by molar-refractivity contribution is -0.274. The van der Waals surface area contributed by atoms with E-state index in [4.69, 9.17) is 0 Å². The zero-order valence-corrected chi connectivity index (χ0v) is 10.0. The standard InChI is InChI=1S/C13H15F3O/c1-12(2,3)9-8-10-4-6-11(7-5-10)17-13(14,15)16/h4-9H,1-3H3/b9-8+. The molecule has 1 rings (SSSR count).